The van der Waals surface area contributed by atoms with Gasteiger partial charge in [-0.1, -0.05) is 27.7 Å². The van der Waals surface area contributed by atoms with Gasteiger partial charge in [-0.3, -0.25) is 9.97 Å². The second-order valence-corrected chi connectivity index (χ2v) is 3.35. The molecule has 0 radical (unpaired) electrons. The molecule has 2 aromatic heterocycles. The maximum absolute atomic E-state index is 8.28. The Hall–Kier alpha value is -2.55. The van der Waals surface area contributed by atoms with Crippen LogP contribution in [0.5, 0.6) is 5.88 Å². The number of ether oxygens (including phenoxy) is 1. The van der Waals surface area contributed by atoms with Crippen molar-refractivity contribution < 1.29 is 4.74 Å². The molecule has 0 fully saturated rings. The standard InChI is InChI=1S/C6H5N3.C6H8N2O.2C2H6/c1-5-3-9-6(2-7)4-8-5;1-5-3-8-6(9-2)4-7-5;2*1-2/h3-4H,1H3;3-4H,1-2H3;2*1-2H3. The van der Waals surface area contributed by atoms with E-state index in [0.717, 1.165) is 11.4 Å². The topological polar surface area (TPSA) is 84.6 Å². The summed E-state index contributed by atoms with van der Waals surface area (Å²) >= 11 is 0. The first-order valence-electron chi connectivity index (χ1n) is 7.17. The van der Waals surface area contributed by atoms with E-state index in [1.165, 1.54) is 6.20 Å². The number of nitrogens with zero attached hydrogens (tertiary/aromatic N) is 5. The van der Waals surface area contributed by atoms with Crippen LogP contribution in [0.25, 0.3) is 0 Å². The van der Waals surface area contributed by atoms with Crippen molar-refractivity contribution in [1.29, 1.82) is 5.26 Å². The van der Waals surface area contributed by atoms with E-state index in [0.29, 0.717) is 11.6 Å². The summed E-state index contributed by atoms with van der Waals surface area (Å²) in [6.45, 7) is 11.7. The molecule has 0 aliphatic heterocycles. The van der Waals surface area contributed by atoms with Crippen molar-refractivity contribution >= 4 is 0 Å². The van der Waals surface area contributed by atoms with E-state index in [1.807, 2.05) is 47.6 Å². The number of nitriles is 1. The first kappa shape index (κ1) is 21.7. The third kappa shape index (κ3) is 10.3. The van der Waals surface area contributed by atoms with Crippen LogP contribution >= 0.6 is 0 Å². The number of hydrogen-bond donors (Lipinski definition) is 0. The molecule has 0 aromatic carbocycles. The summed E-state index contributed by atoms with van der Waals surface area (Å²) in [4.78, 5) is 15.5. The van der Waals surface area contributed by atoms with Crippen molar-refractivity contribution in [3.8, 4) is 11.9 Å². The summed E-state index contributed by atoms with van der Waals surface area (Å²) in [6, 6.07) is 1.88. The molecule has 0 aliphatic carbocycles. The fourth-order valence-corrected chi connectivity index (χ4v) is 0.936. The van der Waals surface area contributed by atoms with Gasteiger partial charge < -0.3 is 4.74 Å². The van der Waals surface area contributed by atoms with Gasteiger partial charge in [0.15, 0.2) is 5.69 Å². The van der Waals surface area contributed by atoms with Gasteiger partial charge in [0, 0.05) is 6.20 Å². The second kappa shape index (κ2) is 14.9. The molecule has 120 valence electrons. The normalized spacial score (nSPS) is 7.73. The number of methoxy groups -OCH3 is 1. The molecule has 6 nitrogen and oxygen atoms in total. The van der Waals surface area contributed by atoms with E-state index in [9.17, 15) is 0 Å². The van der Waals surface area contributed by atoms with Crippen LogP contribution in [0.1, 0.15) is 44.8 Å². The lowest BCUT2D eigenvalue weighted by atomic mass is 10.4. The van der Waals surface area contributed by atoms with Crippen LogP contribution in [-0.4, -0.2) is 27.0 Å². The van der Waals surface area contributed by atoms with Gasteiger partial charge in [0.2, 0.25) is 5.88 Å². The van der Waals surface area contributed by atoms with Gasteiger partial charge in [-0.25, -0.2) is 9.97 Å². The Labute approximate surface area is 133 Å². The third-order valence-electron chi connectivity index (χ3n) is 1.86. The minimum absolute atomic E-state index is 0.362. The summed E-state index contributed by atoms with van der Waals surface area (Å²) in [5.41, 5.74) is 2.09. The number of rotatable bonds is 1. The lowest BCUT2D eigenvalue weighted by molar-refractivity contribution is 0.395. The highest BCUT2D eigenvalue weighted by molar-refractivity contribution is 5.15. The first-order valence-corrected chi connectivity index (χ1v) is 7.17. The number of aromatic nitrogens is 4. The van der Waals surface area contributed by atoms with Crippen molar-refractivity contribution in [2.24, 2.45) is 0 Å². The number of hydrogen-bond acceptors (Lipinski definition) is 6. The Kier molecular flexibility index (Phi) is 14.7. The van der Waals surface area contributed by atoms with Crippen LogP contribution in [0.3, 0.4) is 0 Å². The monoisotopic (exact) mass is 303 g/mol. The third-order valence-corrected chi connectivity index (χ3v) is 1.86. The van der Waals surface area contributed by atoms with Crippen molar-refractivity contribution in [1.82, 2.24) is 19.9 Å². The van der Waals surface area contributed by atoms with Crippen molar-refractivity contribution in [3.05, 3.63) is 41.9 Å². The first-order chi connectivity index (χ1) is 10.7. The quantitative estimate of drug-likeness (QED) is 0.801. The molecule has 0 saturated heterocycles. The summed E-state index contributed by atoms with van der Waals surface area (Å²) < 4.78 is 4.80. The Bertz CT molecular complexity index is 518. The molecule has 0 aliphatic rings. The van der Waals surface area contributed by atoms with E-state index >= 15 is 0 Å². The zero-order valence-electron chi connectivity index (χ0n) is 14.5. The SMILES string of the molecule is CC.CC.COc1cnc(C)cn1.Cc1cnc(C#N)cn1. The van der Waals surface area contributed by atoms with E-state index in [-0.39, 0.29) is 0 Å². The smallest absolute Gasteiger partial charge is 0.231 e. The lowest BCUT2D eigenvalue weighted by Crippen LogP contribution is -1.88. The summed E-state index contributed by atoms with van der Waals surface area (Å²) in [5, 5.41) is 8.28. The molecule has 22 heavy (non-hydrogen) atoms. The van der Waals surface area contributed by atoms with E-state index in [4.69, 9.17) is 10.00 Å². The Morgan fingerprint density at radius 1 is 0.818 bits per heavy atom. The average Bonchev–Trinajstić information content (AvgIpc) is 2.60. The molecule has 0 N–H and O–H groups in total. The molecule has 0 unspecified atom stereocenters. The van der Waals surface area contributed by atoms with Gasteiger partial charge in [-0.05, 0) is 13.8 Å². The largest absolute Gasteiger partial charge is 0.480 e. The van der Waals surface area contributed by atoms with Gasteiger partial charge in [-0.2, -0.15) is 5.26 Å². The highest BCUT2D eigenvalue weighted by atomic mass is 16.5. The van der Waals surface area contributed by atoms with Gasteiger partial charge in [-0.15, -0.1) is 0 Å². The molecule has 0 saturated carbocycles. The predicted octanol–water partition coefficient (Wildman–Crippen LogP) is 3.50. The molecule has 0 amide bonds. The molecular formula is C16H25N5O. The lowest BCUT2D eigenvalue weighted by Gasteiger charge is -1.94. The van der Waals surface area contributed by atoms with E-state index < -0.39 is 0 Å². The van der Waals surface area contributed by atoms with E-state index in [1.54, 1.807) is 25.7 Å². The zero-order valence-corrected chi connectivity index (χ0v) is 14.5. The van der Waals surface area contributed by atoms with E-state index in [2.05, 4.69) is 19.9 Å². The minimum Gasteiger partial charge on any atom is -0.480 e. The van der Waals surface area contributed by atoms with Crippen molar-refractivity contribution in [2.75, 3.05) is 7.11 Å². The van der Waals surface area contributed by atoms with Gasteiger partial charge in [0.1, 0.15) is 6.07 Å². The summed E-state index contributed by atoms with van der Waals surface area (Å²) in [6.07, 6.45) is 6.28. The molecule has 2 rings (SSSR count). The zero-order chi connectivity index (χ0) is 17.4. The fraction of sp³-hybridized carbons (Fsp3) is 0.438. The summed E-state index contributed by atoms with van der Waals surface area (Å²) in [7, 11) is 1.57. The second-order valence-electron chi connectivity index (χ2n) is 3.35. The molecule has 0 spiro atoms. The molecular weight excluding hydrogens is 278 g/mol. The Balaban J connectivity index is 0. The van der Waals surface area contributed by atoms with Crippen LogP contribution in [0, 0.1) is 25.2 Å². The molecule has 2 heterocycles. The Morgan fingerprint density at radius 3 is 1.64 bits per heavy atom. The van der Waals surface area contributed by atoms with Crippen LogP contribution in [0.2, 0.25) is 0 Å². The molecule has 2 aromatic rings. The van der Waals surface area contributed by atoms with Gasteiger partial charge >= 0.3 is 0 Å². The maximum Gasteiger partial charge on any atom is 0.231 e. The Morgan fingerprint density at radius 2 is 1.32 bits per heavy atom. The molecule has 0 atom stereocenters. The minimum atomic E-state index is 0.362. The molecule has 0 bridgehead atoms. The van der Waals surface area contributed by atoms with Crippen molar-refractivity contribution in [3.63, 3.8) is 0 Å². The fourth-order valence-electron chi connectivity index (χ4n) is 0.936. The number of aryl methyl sites for hydroxylation is 2. The average molecular weight is 303 g/mol. The van der Waals surface area contributed by atoms with Crippen LogP contribution in [-0.2, 0) is 0 Å². The predicted molar refractivity (Wildman–Crippen MR) is 87.5 cm³/mol. The summed E-state index contributed by atoms with van der Waals surface area (Å²) in [5.74, 6) is 0.556. The van der Waals surface area contributed by atoms with Crippen LogP contribution < -0.4 is 4.74 Å². The maximum atomic E-state index is 8.28. The van der Waals surface area contributed by atoms with Crippen molar-refractivity contribution in [2.45, 2.75) is 41.5 Å². The molecule has 6 heteroatoms. The van der Waals surface area contributed by atoms with Crippen LogP contribution in [0.4, 0.5) is 0 Å². The highest BCUT2D eigenvalue weighted by Gasteiger charge is 1.89. The highest BCUT2D eigenvalue weighted by Crippen LogP contribution is 2.00. The van der Waals surface area contributed by atoms with Crippen LogP contribution in [0.15, 0.2) is 24.8 Å². The van der Waals surface area contributed by atoms with Gasteiger partial charge in [0.25, 0.3) is 0 Å². The van der Waals surface area contributed by atoms with Gasteiger partial charge in [0.05, 0.1) is 37.1 Å².